The van der Waals surface area contributed by atoms with Gasteiger partial charge >= 0.3 is 6.03 Å². The van der Waals surface area contributed by atoms with E-state index in [2.05, 4.69) is 24.5 Å². The molecule has 2 heterocycles. The summed E-state index contributed by atoms with van der Waals surface area (Å²) in [5.74, 6) is 0.861. The van der Waals surface area contributed by atoms with Gasteiger partial charge < -0.3 is 20.3 Å². The van der Waals surface area contributed by atoms with E-state index in [0.29, 0.717) is 42.0 Å². The van der Waals surface area contributed by atoms with Gasteiger partial charge in [-0.3, -0.25) is 14.5 Å². The molecule has 2 N–H and O–H groups in total. The monoisotopic (exact) mass is 464 g/mol. The van der Waals surface area contributed by atoms with Gasteiger partial charge in [0.05, 0.1) is 5.69 Å². The summed E-state index contributed by atoms with van der Waals surface area (Å²) in [4.78, 5) is 42.7. The molecule has 3 atom stereocenters. The zero-order valence-corrected chi connectivity index (χ0v) is 19.9. The molecule has 180 valence electrons. The number of nitrogens with one attached hydrogen (secondary N) is 2. The number of anilines is 2. The number of hydrogen-bond donors (Lipinski definition) is 2. The van der Waals surface area contributed by atoms with Crippen LogP contribution in [0, 0.1) is 18.8 Å². The molecule has 2 aliphatic heterocycles. The number of ether oxygens (including phenoxy) is 1. The predicted molar refractivity (Wildman–Crippen MR) is 131 cm³/mol. The zero-order chi connectivity index (χ0) is 24.2. The number of fused-ring (bicyclic) bond motifs is 1. The Bertz CT molecular complexity index is 1060. The van der Waals surface area contributed by atoms with E-state index < -0.39 is 12.1 Å². The van der Waals surface area contributed by atoms with Gasteiger partial charge in [0.25, 0.3) is 5.91 Å². The Balaban J connectivity index is 1.51. The average molecular weight is 465 g/mol. The molecular weight excluding hydrogens is 432 g/mol. The molecule has 4 amide bonds. The Kier molecular flexibility index (Phi) is 7.05. The smallest absolute Gasteiger partial charge is 0.320 e. The lowest BCUT2D eigenvalue weighted by Crippen LogP contribution is -2.54. The Morgan fingerprint density at radius 1 is 1.06 bits per heavy atom. The molecule has 2 aliphatic rings. The maximum Gasteiger partial charge on any atom is 0.320 e. The average Bonchev–Trinajstić information content (AvgIpc) is 2.91. The number of hydrogen-bond acceptors (Lipinski definition) is 4. The fourth-order valence-corrected chi connectivity index (χ4v) is 4.77. The second kappa shape index (κ2) is 10.2. The van der Waals surface area contributed by atoms with Crippen molar-refractivity contribution in [3.8, 4) is 5.75 Å². The normalized spacial score (nSPS) is 22.3. The van der Waals surface area contributed by atoms with Crippen LogP contribution in [0.2, 0.25) is 0 Å². The van der Waals surface area contributed by atoms with Crippen LogP contribution in [0.4, 0.5) is 16.2 Å². The second-order valence-corrected chi connectivity index (χ2v) is 9.47. The van der Waals surface area contributed by atoms with Crippen LogP contribution >= 0.6 is 0 Å². The molecule has 1 unspecified atom stereocenters. The number of benzene rings is 2. The molecule has 2 aromatic carbocycles. The first-order valence-corrected chi connectivity index (χ1v) is 11.8. The number of aryl methyl sites for hydroxylation is 1. The summed E-state index contributed by atoms with van der Waals surface area (Å²) in [7, 11) is 0. The number of carbonyl (C=O) groups is 3. The number of urea groups is 1. The second-order valence-electron chi connectivity index (χ2n) is 9.47. The summed E-state index contributed by atoms with van der Waals surface area (Å²) in [5, 5.41) is 5.47. The fraction of sp³-hybridized carbons (Fsp3) is 0.423. The summed E-state index contributed by atoms with van der Waals surface area (Å²) in [6, 6.07) is 13.1. The lowest BCUT2D eigenvalue weighted by Gasteiger charge is -2.36. The van der Waals surface area contributed by atoms with Crippen molar-refractivity contribution < 1.29 is 19.1 Å². The van der Waals surface area contributed by atoms with Gasteiger partial charge in [-0.15, -0.1) is 0 Å². The lowest BCUT2D eigenvalue weighted by molar-refractivity contribution is -0.134. The standard InChI is InChI=1S/C26H32N4O4/c1-17-7-6-8-20(12-17)27-26(33)28-21-16-34-23-10-5-4-9-22(23)30(25(21)32)15-24(31)29-13-18(2)11-19(3)14-29/h4-10,12,18-19,21H,11,13-16H2,1-3H3,(H2,27,28,33)/t18-,19?,21-/m1/s1. The first-order valence-electron chi connectivity index (χ1n) is 11.8. The lowest BCUT2D eigenvalue weighted by atomic mass is 9.92. The third-order valence-corrected chi connectivity index (χ3v) is 6.22. The topological polar surface area (TPSA) is 91.0 Å². The molecule has 0 saturated carbocycles. The molecule has 8 heteroatoms. The van der Waals surface area contributed by atoms with E-state index >= 15 is 0 Å². The minimum atomic E-state index is -0.941. The van der Waals surface area contributed by atoms with Crippen LogP contribution in [0.1, 0.15) is 25.8 Å². The third-order valence-electron chi connectivity index (χ3n) is 6.22. The Labute approximate surface area is 200 Å². The number of carbonyl (C=O) groups excluding carboxylic acids is 3. The number of amides is 4. The Morgan fingerprint density at radius 3 is 2.53 bits per heavy atom. The summed E-state index contributed by atoms with van der Waals surface area (Å²) in [5.41, 5.74) is 2.17. The zero-order valence-electron chi connectivity index (χ0n) is 19.9. The summed E-state index contributed by atoms with van der Waals surface area (Å²) >= 11 is 0. The van der Waals surface area contributed by atoms with E-state index in [-0.39, 0.29) is 25.0 Å². The summed E-state index contributed by atoms with van der Waals surface area (Å²) < 4.78 is 5.86. The molecule has 0 bridgehead atoms. The van der Waals surface area contributed by atoms with Gasteiger partial charge in [0.2, 0.25) is 5.91 Å². The van der Waals surface area contributed by atoms with Crippen LogP contribution in [0.3, 0.4) is 0 Å². The number of nitrogens with zero attached hydrogens (tertiary/aromatic N) is 2. The highest BCUT2D eigenvalue weighted by atomic mass is 16.5. The minimum absolute atomic E-state index is 0.0282. The molecule has 0 spiro atoms. The van der Waals surface area contributed by atoms with Crippen molar-refractivity contribution in [1.29, 1.82) is 0 Å². The molecule has 4 rings (SSSR count). The van der Waals surface area contributed by atoms with E-state index in [9.17, 15) is 14.4 Å². The van der Waals surface area contributed by atoms with Crippen molar-refractivity contribution in [3.63, 3.8) is 0 Å². The van der Waals surface area contributed by atoms with Gasteiger partial charge in [-0.1, -0.05) is 38.1 Å². The molecule has 8 nitrogen and oxygen atoms in total. The van der Waals surface area contributed by atoms with Gasteiger partial charge in [0.15, 0.2) is 0 Å². The molecule has 0 aromatic heterocycles. The highest BCUT2D eigenvalue weighted by molar-refractivity contribution is 6.05. The molecular formula is C26H32N4O4. The first kappa shape index (κ1) is 23.6. The van der Waals surface area contributed by atoms with Crippen molar-refractivity contribution in [3.05, 3.63) is 54.1 Å². The third kappa shape index (κ3) is 5.50. The Hall–Kier alpha value is -3.55. The van der Waals surface area contributed by atoms with Crippen LogP contribution in [-0.4, -0.2) is 55.0 Å². The highest BCUT2D eigenvalue weighted by Gasteiger charge is 2.35. The minimum Gasteiger partial charge on any atom is -0.489 e. The van der Waals surface area contributed by atoms with Crippen LogP contribution in [0.5, 0.6) is 5.75 Å². The van der Waals surface area contributed by atoms with Crippen molar-refractivity contribution >= 4 is 29.2 Å². The largest absolute Gasteiger partial charge is 0.489 e. The molecule has 0 aliphatic carbocycles. The van der Waals surface area contributed by atoms with Gasteiger partial charge in [-0.25, -0.2) is 4.79 Å². The summed E-state index contributed by atoms with van der Waals surface area (Å²) in [6.07, 6.45) is 1.09. The first-order chi connectivity index (χ1) is 16.3. The van der Waals surface area contributed by atoms with Gasteiger partial charge in [0.1, 0.15) is 24.9 Å². The van der Waals surface area contributed by atoms with E-state index in [4.69, 9.17) is 4.74 Å². The predicted octanol–water partition coefficient (Wildman–Crippen LogP) is 3.42. The quantitative estimate of drug-likeness (QED) is 0.726. The van der Waals surface area contributed by atoms with E-state index in [1.165, 1.54) is 4.90 Å². The van der Waals surface area contributed by atoms with Gasteiger partial charge in [0, 0.05) is 18.8 Å². The van der Waals surface area contributed by atoms with Gasteiger partial charge in [-0.2, -0.15) is 0 Å². The number of rotatable bonds is 4. The molecule has 1 fully saturated rings. The van der Waals surface area contributed by atoms with Crippen LogP contribution in [0.15, 0.2) is 48.5 Å². The van der Waals surface area contributed by atoms with Crippen LogP contribution in [0.25, 0.3) is 0 Å². The van der Waals surface area contributed by atoms with Crippen LogP contribution < -0.4 is 20.3 Å². The van der Waals surface area contributed by atoms with Crippen LogP contribution in [-0.2, 0) is 9.59 Å². The summed E-state index contributed by atoms with van der Waals surface area (Å²) in [6.45, 7) is 7.46. The van der Waals surface area contributed by atoms with Crippen molar-refractivity contribution in [2.75, 3.05) is 36.5 Å². The van der Waals surface area contributed by atoms with E-state index in [1.54, 1.807) is 24.3 Å². The SMILES string of the molecule is Cc1cccc(NC(=O)N[C@@H]2COc3ccccc3N(CC(=O)N3CC(C)C[C@@H](C)C3)C2=O)c1. The number of likely N-dealkylation sites (tertiary alicyclic amines) is 1. The molecule has 34 heavy (non-hydrogen) atoms. The van der Waals surface area contributed by atoms with Gasteiger partial charge in [-0.05, 0) is 55.0 Å². The van der Waals surface area contributed by atoms with Crippen molar-refractivity contribution in [1.82, 2.24) is 10.2 Å². The highest BCUT2D eigenvalue weighted by Crippen LogP contribution is 2.31. The molecule has 2 aromatic rings. The maximum atomic E-state index is 13.5. The number of piperidine rings is 1. The number of para-hydroxylation sites is 2. The maximum absolute atomic E-state index is 13.5. The van der Waals surface area contributed by atoms with E-state index in [1.807, 2.05) is 36.1 Å². The Morgan fingerprint density at radius 2 is 1.79 bits per heavy atom. The molecule has 1 saturated heterocycles. The fourth-order valence-electron chi connectivity index (χ4n) is 4.77. The molecule has 0 radical (unpaired) electrons. The van der Waals surface area contributed by atoms with Crippen molar-refractivity contribution in [2.45, 2.75) is 33.2 Å². The van der Waals surface area contributed by atoms with Crippen molar-refractivity contribution in [2.24, 2.45) is 11.8 Å². The van der Waals surface area contributed by atoms with E-state index in [0.717, 1.165) is 12.0 Å².